The number of hydrogen-bond donors (Lipinski definition) is 1. The molecule has 0 saturated carbocycles. The van der Waals surface area contributed by atoms with E-state index in [0.717, 1.165) is 5.69 Å². The fourth-order valence-corrected chi connectivity index (χ4v) is 2.54. The predicted molar refractivity (Wildman–Crippen MR) is 74.7 cm³/mol. The van der Waals surface area contributed by atoms with Gasteiger partial charge < -0.3 is 14.7 Å². The van der Waals surface area contributed by atoms with E-state index in [1.165, 1.54) is 5.56 Å². The second-order valence-electron chi connectivity index (χ2n) is 5.66. The number of anilines is 1. The van der Waals surface area contributed by atoms with Crippen LogP contribution in [-0.4, -0.2) is 38.4 Å². The van der Waals surface area contributed by atoms with Crippen LogP contribution in [0.5, 0.6) is 0 Å². The van der Waals surface area contributed by atoms with Crippen molar-refractivity contribution in [2.45, 2.75) is 18.8 Å². The number of hydrogen-bond acceptors (Lipinski definition) is 3. The molecule has 1 saturated heterocycles. The first-order chi connectivity index (χ1) is 8.94. The molecule has 1 unspecified atom stereocenters. The summed E-state index contributed by atoms with van der Waals surface area (Å²) in [5.74, 6) is -1.09. The lowest BCUT2D eigenvalue weighted by Crippen LogP contribution is -2.48. The molecule has 104 valence electrons. The second-order valence-corrected chi connectivity index (χ2v) is 5.66. The minimum absolute atomic E-state index is 0.122. The van der Waals surface area contributed by atoms with Crippen molar-refractivity contribution < 1.29 is 14.6 Å². The number of benzene rings is 1. The van der Waals surface area contributed by atoms with E-state index in [4.69, 9.17) is 9.84 Å². The van der Waals surface area contributed by atoms with E-state index in [1.54, 1.807) is 6.92 Å². The van der Waals surface area contributed by atoms with Crippen molar-refractivity contribution in [3.63, 3.8) is 0 Å². The van der Waals surface area contributed by atoms with Crippen molar-refractivity contribution in [2.24, 2.45) is 5.92 Å². The highest BCUT2D eigenvalue weighted by molar-refractivity contribution is 5.69. The van der Waals surface area contributed by atoms with Gasteiger partial charge >= 0.3 is 5.97 Å². The third kappa shape index (κ3) is 2.73. The second kappa shape index (κ2) is 5.21. The van der Waals surface area contributed by atoms with Crippen molar-refractivity contribution in [3.8, 4) is 0 Å². The number of carboxylic acid groups (broad SMARTS) is 1. The molecular weight excluding hydrogens is 242 g/mol. The maximum atomic E-state index is 11.0. The smallest absolute Gasteiger partial charge is 0.306 e. The first-order valence-electron chi connectivity index (χ1n) is 6.53. The lowest BCUT2D eigenvalue weighted by atomic mass is 9.72. The molecule has 1 aromatic rings. The van der Waals surface area contributed by atoms with Crippen LogP contribution in [0.15, 0.2) is 24.3 Å². The van der Waals surface area contributed by atoms with Crippen molar-refractivity contribution >= 4 is 11.7 Å². The van der Waals surface area contributed by atoms with Crippen molar-refractivity contribution in [1.82, 2.24) is 0 Å². The lowest BCUT2D eigenvalue weighted by Gasteiger charge is -2.43. The number of carboxylic acids is 1. The lowest BCUT2D eigenvalue weighted by molar-refractivity contribution is -0.144. The SMILES string of the molecule is CC(CC1(c2ccc(N(C)C)cc2)COC1)C(=O)O. The van der Waals surface area contributed by atoms with E-state index >= 15 is 0 Å². The molecule has 0 radical (unpaired) electrons. The normalized spacial score (nSPS) is 18.5. The summed E-state index contributed by atoms with van der Waals surface area (Å²) in [6.45, 7) is 2.99. The van der Waals surface area contributed by atoms with Gasteiger partial charge in [-0.1, -0.05) is 19.1 Å². The van der Waals surface area contributed by atoms with E-state index in [-0.39, 0.29) is 11.3 Å². The molecule has 1 aromatic carbocycles. The van der Waals surface area contributed by atoms with Crippen LogP contribution in [0.4, 0.5) is 5.69 Å². The summed E-state index contributed by atoms with van der Waals surface area (Å²) in [5, 5.41) is 9.08. The highest BCUT2D eigenvalue weighted by Gasteiger charge is 2.42. The van der Waals surface area contributed by atoms with E-state index in [0.29, 0.717) is 19.6 Å². The fourth-order valence-electron chi connectivity index (χ4n) is 2.54. The van der Waals surface area contributed by atoms with Gasteiger partial charge in [0.05, 0.1) is 19.1 Å². The molecule has 0 aromatic heterocycles. The first-order valence-corrected chi connectivity index (χ1v) is 6.53. The van der Waals surface area contributed by atoms with Crippen LogP contribution < -0.4 is 4.90 Å². The Bertz CT molecular complexity index is 449. The van der Waals surface area contributed by atoms with Crippen LogP contribution >= 0.6 is 0 Å². The van der Waals surface area contributed by atoms with Gasteiger partial charge in [-0.05, 0) is 24.1 Å². The third-order valence-electron chi connectivity index (χ3n) is 3.87. The van der Waals surface area contributed by atoms with E-state index < -0.39 is 5.97 Å². The molecule has 0 aliphatic carbocycles. The maximum Gasteiger partial charge on any atom is 0.306 e. The minimum atomic E-state index is -0.740. The maximum absolute atomic E-state index is 11.0. The molecule has 1 fully saturated rings. The Kier molecular flexibility index (Phi) is 3.80. The molecule has 4 nitrogen and oxygen atoms in total. The quantitative estimate of drug-likeness (QED) is 0.884. The zero-order chi connectivity index (χ0) is 14.0. The number of rotatable bonds is 5. The van der Waals surface area contributed by atoms with Gasteiger partial charge in [0.2, 0.25) is 0 Å². The van der Waals surface area contributed by atoms with Gasteiger partial charge in [-0.3, -0.25) is 4.79 Å². The molecule has 1 aliphatic rings. The summed E-state index contributed by atoms with van der Waals surface area (Å²) in [5.41, 5.74) is 2.20. The molecule has 1 heterocycles. The van der Waals surface area contributed by atoms with Gasteiger partial charge in [0.15, 0.2) is 0 Å². The van der Waals surface area contributed by atoms with Crippen LogP contribution in [0.25, 0.3) is 0 Å². The summed E-state index contributed by atoms with van der Waals surface area (Å²) in [4.78, 5) is 13.1. The summed E-state index contributed by atoms with van der Waals surface area (Å²) >= 11 is 0. The summed E-state index contributed by atoms with van der Waals surface area (Å²) < 4.78 is 5.35. The first kappa shape index (κ1) is 13.9. The summed E-state index contributed by atoms with van der Waals surface area (Å²) in [6.07, 6.45) is 0.629. The summed E-state index contributed by atoms with van der Waals surface area (Å²) in [6, 6.07) is 8.32. The fraction of sp³-hybridized carbons (Fsp3) is 0.533. The monoisotopic (exact) mass is 263 g/mol. The van der Waals surface area contributed by atoms with Crippen LogP contribution in [0.1, 0.15) is 18.9 Å². The molecule has 0 bridgehead atoms. The number of ether oxygens (including phenoxy) is 1. The Labute approximate surface area is 114 Å². The predicted octanol–water partition coefficient (Wildman–Crippen LogP) is 2.13. The van der Waals surface area contributed by atoms with Crippen LogP contribution in [0.2, 0.25) is 0 Å². The van der Waals surface area contributed by atoms with Gasteiger partial charge in [0, 0.05) is 25.2 Å². The van der Waals surface area contributed by atoms with Crippen LogP contribution in [-0.2, 0) is 14.9 Å². The largest absolute Gasteiger partial charge is 0.481 e. The van der Waals surface area contributed by atoms with Crippen molar-refractivity contribution in [1.29, 1.82) is 0 Å². The molecule has 0 amide bonds. The molecule has 4 heteroatoms. The van der Waals surface area contributed by atoms with Gasteiger partial charge in [-0.15, -0.1) is 0 Å². The molecule has 19 heavy (non-hydrogen) atoms. The average molecular weight is 263 g/mol. The topological polar surface area (TPSA) is 49.8 Å². The van der Waals surface area contributed by atoms with E-state index in [9.17, 15) is 4.79 Å². The highest BCUT2D eigenvalue weighted by atomic mass is 16.5. The Morgan fingerprint density at radius 2 is 1.95 bits per heavy atom. The average Bonchev–Trinajstić information content (AvgIpc) is 2.33. The molecule has 0 spiro atoms. The van der Waals surface area contributed by atoms with Gasteiger partial charge in [-0.2, -0.15) is 0 Å². The van der Waals surface area contributed by atoms with Gasteiger partial charge in [0.1, 0.15) is 0 Å². The van der Waals surface area contributed by atoms with Crippen molar-refractivity contribution in [3.05, 3.63) is 29.8 Å². The number of aliphatic carboxylic acids is 1. The zero-order valence-corrected chi connectivity index (χ0v) is 11.7. The molecule has 1 aliphatic heterocycles. The molecule has 1 N–H and O–H groups in total. The zero-order valence-electron chi connectivity index (χ0n) is 11.7. The van der Waals surface area contributed by atoms with Crippen LogP contribution in [0, 0.1) is 5.92 Å². The molecule has 1 atom stereocenters. The number of carbonyl (C=O) groups is 1. The Balaban J connectivity index is 2.19. The third-order valence-corrected chi connectivity index (χ3v) is 3.87. The molecular formula is C15H21NO3. The molecule has 2 rings (SSSR count). The van der Waals surface area contributed by atoms with Crippen molar-refractivity contribution in [2.75, 3.05) is 32.2 Å². The summed E-state index contributed by atoms with van der Waals surface area (Å²) in [7, 11) is 4.01. The van der Waals surface area contributed by atoms with Gasteiger partial charge in [-0.25, -0.2) is 0 Å². The highest BCUT2D eigenvalue weighted by Crippen LogP contribution is 2.38. The van der Waals surface area contributed by atoms with E-state index in [2.05, 4.69) is 24.3 Å². The number of nitrogens with zero attached hydrogens (tertiary/aromatic N) is 1. The van der Waals surface area contributed by atoms with Gasteiger partial charge in [0.25, 0.3) is 0 Å². The minimum Gasteiger partial charge on any atom is -0.481 e. The van der Waals surface area contributed by atoms with Crippen LogP contribution in [0.3, 0.4) is 0 Å². The van der Waals surface area contributed by atoms with E-state index in [1.807, 2.05) is 19.0 Å². The Hall–Kier alpha value is -1.55. The Morgan fingerprint density at radius 1 is 1.37 bits per heavy atom. The Morgan fingerprint density at radius 3 is 2.32 bits per heavy atom. The standard InChI is InChI=1S/C15H21NO3/c1-11(14(17)18)8-15(9-19-10-15)12-4-6-13(7-5-12)16(2)3/h4-7,11H,8-10H2,1-3H3,(H,17,18).